The Morgan fingerprint density at radius 1 is 0.566 bits per heavy atom. The van der Waals surface area contributed by atoms with Crippen LogP contribution in [0.4, 0.5) is 0 Å². The number of benzene rings is 3. The standard InChI is InChI=1S/C53H69N7O15S/c1-31(61)55-39(29-45(66)67)52(72)56-37(21-24-44(64)65)50(70)60-47(46(34-15-9-5-10-16-34)35-17-11-6-12-18-35)53(73)57-36(20-23-43(62)63)49(69)58-38(27-32-13-7-4-8-14-32)51(71)59-40(30-76)48(68)54-26-25-33-19-22-41(74-2)42(28-33)75-3/h5-6,9-12,15-19,22,28,32,36-40,46-47,76H,4,7-8,13-14,20-21,23-27,29-30H2,1-3H3,(H,54,68)(H,55,61)(H,56,72)(H,57,73)(H,58,69)(H,59,71)(H,60,70)(H,62,63)(H,64,65)(H,66,67)/t36-,37-,38-,39-,40-,47-/m0/s1. The SMILES string of the molecule is COc1ccc(CCNC(=O)[C@H](CS)NC(=O)[C@H](CC2CCCCC2)NC(=O)[C@H](CCC(=O)O)NC(=O)[C@@H](NC(=O)[C@H](CCC(=O)O)NC(=O)[C@H](CC(=O)O)NC(C)=O)C(c2ccccc2)c2ccccc2)cc1OC. The number of rotatable bonds is 31. The minimum Gasteiger partial charge on any atom is -0.493 e. The summed E-state index contributed by atoms with van der Waals surface area (Å²) in [6.07, 6.45) is 1.47. The average Bonchev–Trinajstić information content (AvgIpc) is 3.39. The molecule has 0 aromatic heterocycles. The van der Waals surface area contributed by atoms with Gasteiger partial charge in [-0.25, -0.2) is 0 Å². The zero-order chi connectivity index (χ0) is 55.7. The number of nitrogens with one attached hydrogen (secondary N) is 7. The van der Waals surface area contributed by atoms with Crippen LogP contribution in [0.5, 0.6) is 11.5 Å². The number of aliphatic carboxylic acids is 3. The number of hydrogen-bond acceptors (Lipinski definition) is 13. The molecule has 10 N–H and O–H groups in total. The second kappa shape index (κ2) is 31.3. The second-order valence-electron chi connectivity index (χ2n) is 18.4. The predicted molar refractivity (Wildman–Crippen MR) is 279 cm³/mol. The van der Waals surface area contributed by atoms with Crippen molar-refractivity contribution in [2.24, 2.45) is 5.92 Å². The minimum absolute atomic E-state index is 0.0223. The van der Waals surface area contributed by atoms with Gasteiger partial charge in [0.2, 0.25) is 41.4 Å². The zero-order valence-electron chi connectivity index (χ0n) is 42.7. The van der Waals surface area contributed by atoms with Crippen LogP contribution in [-0.2, 0) is 54.4 Å². The first-order valence-corrected chi connectivity index (χ1v) is 25.6. The first-order valence-electron chi connectivity index (χ1n) is 25.0. The van der Waals surface area contributed by atoms with Crippen LogP contribution in [0.1, 0.15) is 100 Å². The van der Waals surface area contributed by atoms with Crippen molar-refractivity contribution in [2.45, 2.75) is 126 Å². The lowest BCUT2D eigenvalue weighted by molar-refractivity contribution is -0.141. The molecule has 23 heteroatoms. The second-order valence-corrected chi connectivity index (χ2v) is 18.8. The van der Waals surface area contributed by atoms with Crippen LogP contribution in [0.25, 0.3) is 0 Å². The normalized spacial score (nSPS) is 14.7. The third kappa shape index (κ3) is 19.9. The molecule has 1 aliphatic rings. The number of carbonyl (C=O) groups is 10. The summed E-state index contributed by atoms with van der Waals surface area (Å²) >= 11 is 4.34. The van der Waals surface area contributed by atoms with Crippen LogP contribution in [0.15, 0.2) is 78.9 Å². The molecule has 412 valence electrons. The van der Waals surface area contributed by atoms with E-state index in [9.17, 15) is 58.5 Å². The zero-order valence-corrected chi connectivity index (χ0v) is 43.6. The molecule has 0 bridgehead atoms. The molecule has 0 saturated heterocycles. The number of carbonyl (C=O) groups excluding carboxylic acids is 7. The molecule has 1 fully saturated rings. The molecule has 3 aromatic rings. The number of methoxy groups -OCH3 is 2. The smallest absolute Gasteiger partial charge is 0.305 e. The van der Waals surface area contributed by atoms with E-state index in [0.29, 0.717) is 29.0 Å². The van der Waals surface area contributed by atoms with Gasteiger partial charge >= 0.3 is 17.9 Å². The van der Waals surface area contributed by atoms with Crippen LogP contribution in [-0.4, -0.2) is 137 Å². The third-order valence-corrected chi connectivity index (χ3v) is 13.1. The van der Waals surface area contributed by atoms with Crippen LogP contribution < -0.4 is 46.7 Å². The molecule has 4 rings (SSSR count). The van der Waals surface area contributed by atoms with Crippen molar-refractivity contribution in [3.63, 3.8) is 0 Å². The van der Waals surface area contributed by atoms with E-state index < -0.39 is 134 Å². The van der Waals surface area contributed by atoms with Gasteiger partial charge in [0.15, 0.2) is 11.5 Å². The van der Waals surface area contributed by atoms with Crippen molar-refractivity contribution in [1.82, 2.24) is 37.2 Å². The quantitative estimate of drug-likeness (QED) is 0.0412. The van der Waals surface area contributed by atoms with E-state index in [4.69, 9.17) is 9.47 Å². The monoisotopic (exact) mass is 1080 g/mol. The highest BCUT2D eigenvalue weighted by atomic mass is 32.1. The number of carboxylic acid groups (broad SMARTS) is 3. The van der Waals surface area contributed by atoms with Crippen LogP contribution in [0.2, 0.25) is 0 Å². The summed E-state index contributed by atoms with van der Waals surface area (Å²) in [5.41, 5.74) is 1.77. The Labute approximate surface area is 446 Å². The van der Waals surface area contributed by atoms with E-state index in [-0.39, 0.29) is 24.6 Å². The summed E-state index contributed by atoms with van der Waals surface area (Å²) in [6, 6.07) is 12.9. The summed E-state index contributed by atoms with van der Waals surface area (Å²) in [4.78, 5) is 133. The van der Waals surface area contributed by atoms with Gasteiger partial charge in [-0.2, -0.15) is 12.6 Å². The van der Waals surface area contributed by atoms with Crippen LogP contribution >= 0.6 is 12.6 Å². The molecular formula is C53H69N7O15S. The molecule has 0 heterocycles. The predicted octanol–water partition coefficient (Wildman–Crippen LogP) is 2.23. The van der Waals surface area contributed by atoms with Gasteiger partial charge in [0.1, 0.15) is 36.3 Å². The Kier molecular flexibility index (Phi) is 25.0. The van der Waals surface area contributed by atoms with Gasteiger partial charge in [0, 0.05) is 38.0 Å². The average molecular weight is 1080 g/mol. The largest absolute Gasteiger partial charge is 0.493 e. The summed E-state index contributed by atoms with van der Waals surface area (Å²) in [5, 5.41) is 46.9. The highest BCUT2D eigenvalue weighted by molar-refractivity contribution is 7.80. The van der Waals surface area contributed by atoms with Crippen molar-refractivity contribution in [2.75, 3.05) is 26.5 Å². The molecule has 7 amide bonds. The Balaban J connectivity index is 1.68. The molecule has 0 unspecified atom stereocenters. The van der Waals surface area contributed by atoms with Crippen LogP contribution in [0.3, 0.4) is 0 Å². The van der Waals surface area contributed by atoms with E-state index in [1.165, 1.54) is 14.2 Å². The highest BCUT2D eigenvalue weighted by Crippen LogP contribution is 2.31. The third-order valence-electron chi connectivity index (χ3n) is 12.8. The molecule has 6 atom stereocenters. The Hall–Kier alpha value is -7.69. The van der Waals surface area contributed by atoms with Crippen molar-refractivity contribution in [3.05, 3.63) is 95.6 Å². The molecule has 3 aromatic carbocycles. The number of thiol groups is 1. The Morgan fingerprint density at radius 2 is 1.07 bits per heavy atom. The summed E-state index contributed by atoms with van der Waals surface area (Å²) < 4.78 is 10.7. The van der Waals surface area contributed by atoms with E-state index in [1.807, 2.05) is 6.07 Å². The maximum Gasteiger partial charge on any atom is 0.305 e. The topological polar surface area (TPSA) is 334 Å². The van der Waals surface area contributed by atoms with Gasteiger partial charge in [-0.15, -0.1) is 0 Å². The molecule has 76 heavy (non-hydrogen) atoms. The van der Waals surface area contributed by atoms with Crippen LogP contribution in [0, 0.1) is 5.92 Å². The lowest BCUT2D eigenvalue weighted by Gasteiger charge is -2.32. The number of hydrogen-bond donors (Lipinski definition) is 11. The van der Waals surface area contributed by atoms with E-state index >= 15 is 4.79 Å². The van der Waals surface area contributed by atoms with E-state index in [2.05, 4.69) is 49.8 Å². The fourth-order valence-electron chi connectivity index (χ4n) is 8.90. The highest BCUT2D eigenvalue weighted by Gasteiger charge is 2.39. The number of carboxylic acids is 3. The first-order chi connectivity index (χ1) is 36.3. The van der Waals surface area contributed by atoms with Crippen molar-refractivity contribution in [1.29, 1.82) is 0 Å². The molecule has 22 nitrogen and oxygen atoms in total. The minimum atomic E-state index is -1.73. The summed E-state index contributed by atoms with van der Waals surface area (Å²) in [6.45, 7) is 1.22. The summed E-state index contributed by atoms with van der Waals surface area (Å²) in [5.74, 6) is -10.6. The van der Waals surface area contributed by atoms with E-state index in [1.54, 1.807) is 72.8 Å². The maximum absolute atomic E-state index is 15.0. The lowest BCUT2D eigenvalue weighted by Crippen LogP contribution is -2.61. The Bertz CT molecular complexity index is 2420. The number of amides is 7. The summed E-state index contributed by atoms with van der Waals surface area (Å²) in [7, 11) is 3.02. The molecule has 0 aliphatic heterocycles. The molecular weight excluding hydrogens is 1010 g/mol. The van der Waals surface area contributed by atoms with E-state index in [0.717, 1.165) is 44.6 Å². The first kappa shape index (κ1) is 60.9. The fourth-order valence-corrected chi connectivity index (χ4v) is 9.16. The van der Waals surface area contributed by atoms with Crippen molar-refractivity contribution >= 4 is 71.9 Å². The molecule has 0 radical (unpaired) electrons. The van der Waals surface area contributed by atoms with Gasteiger partial charge in [-0.05, 0) is 60.4 Å². The van der Waals surface area contributed by atoms with Gasteiger partial charge in [-0.3, -0.25) is 47.9 Å². The van der Waals surface area contributed by atoms with Gasteiger partial charge in [0.05, 0.1) is 20.6 Å². The van der Waals surface area contributed by atoms with Gasteiger partial charge in [0.25, 0.3) is 0 Å². The maximum atomic E-state index is 15.0. The van der Waals surface area contributed by atoms with Crippen molar-refractivity contribution in [3.8, 4) is 11.5 Å². The Morgan fingerprint density at radius 3 is 1.58 bits per heavy atom. The van der Waals surface area contributed by atoms with Gasteiger partial charge < -0.3 is 62.0 Å². The molecule has 1 aliphatic carbocycles. The molecule has 1 saturated carbocycles. The van der Waals surface area contributed by atoms with Crippen molar-refractivity contribution < 1.29 is 72.7 Å². The molecule has 0 spiro atoms. The van der Waals surface area contributed by atoms with Gasteiger partial charge in [-0.1, -0.05) is 98.8 Å². The number of ether oxygens (including phenoxy) is 2. The fraction of sp³-hybridized carbons (Fsp3) is 0.472. The lowest BCUT2D eigenvalue weighted by atomic mass is 9.84.